The fraction of sp³-hybridized carbons (Fsp3) is 0.312. The van der Waals surface area contributed by atoms with Gasteiger partial charge >= 0.3 is 0 Å². The molecule has 0 unspecified atom stereocenters. The smallest absolute Gasteiger partial charge is 0.246 e. The van der Waals surface area contributed by atoms with Crippen LogP contribution in [-0.2, 0) is 16.0 Å². The maximum atomic E-state index is 12.4. The van der Waals surface area contributed by atoms with Crippen molar-refractivity contribution in [1.82, 2.24) is 10.1 Å². The predicted molar refractivity (Wildman–Crippen MR) is 90.2 cm³/mol. The van der Waals surface area contributed by atoms with Gasteiger partial charge in [0.2, 0.25) is 11.8 Å². The zero-order valence-corrected chi connectivity index (χ0v) is 14.3. The highest BCUT2D eigenvalue weighted by Crippen LogP contribution is 2.26. The van der Waals surface area contributed by atoms with Crippen molar-refractivity contribution in [3.63, 3.8) is 0 Å². The van der Waals surface area contributed by atoms with Gasteiger partial charge in [0.05, 0.1) is 10.7 Å². The molecule has 1 fully saturated rings. The summed E-state index contributed by atoms with van der Waals surface area (Å²) >= 11 is 11.8. The normalized spacial score (nSPS) is 15.0. The van der Waals surface area contributed by atoms with Crippen LogP contribution < -0.4 is 4.90 Å². The number of hydrogen-bond donors (Lipinski definition) is 0. The summed E-state index contributed by atoms with van der Waals surface area (Å²) in [6.45, 7) is 0.927. The number of anilines is 1. The van der Waals surface area contributed by atoms with Gasteiger partial charge in [-0.1, -0.05) is 40.5 Å². The molecule has 0 N–H and O–H groups in total. The van der Waals surface area contributed by atoms with Crippen LogP contribution in [0.25, 0.3) is 0 Å². The fourth-order valence-corrected chi connectivity index (χ4v) is 3.00. The topological polar surface area (TPSA) is 66.7 Å². The van der Waals surface area contributed by atoms with Crippen molar-refractivity contribution in [1.29, 1.82) is 0 Å². The number of amides is 2. The second kappa shape index (κ2) is 7.23. The van der Waals surface area contributed by atoms with Crippen LogP contribution in [0.15, 0.2) is 34.9 Å². The van der Waals surface area contributed by atoms with Gasteiger partial charge in [-0.25, -0.2) is 0 Å². The van der Waals surface area contributed by atoms with E-state index in [0.29, 0.717) is 36.0 Å². The lowest BCUT2D eigenvalue weighted by Gasteiger charge is -2.34. The average molecular weight is 368 g/mol. The van der Waals surface area contributed by atoms with E-state index < -0.39 is 0 Å². The Morgan fingerprint density at radius 3 is 2.71 bits per heavy atom. The second-order valence-corrected chi connectivity index (χ2v) is 6.22. The van der Waals surface area contributed by atoms with Crippen LogP contribution in [0.2, 0.25) is 10.2 Å². The van der Waals surface area contributed by atoms with Crippen LogP contribution in [0.3, 0.4) is 0 Å². The van der Waals surface area contributed by atoms with Crippen molar-refractivity contribution in [3.05, 3.63) is 46.3 Å². The molecule has 6 nitrogen and oxygen atoms in total. The van der Waals surface area contributed by atoms with E-state index in [4.69, 9.17) is 27.7 Å². The van der Waals surface area contributed by atoms with E-state index in [9.17, 15) is 9.59 Å². The minimum Gasteiger partial charge on any atom is -0.360 e. The Bertz CT molecular complexity index is 763. The number of carbonyl (C=O) groups excluding carboxylic acids is 2. The van der Waals surface area contributed by atoms with Crippen molar-refractivity contribution >= 4 is 40.7 Å². The summed E-state index contributed by atoms with van der Waals surface area (Å²) in [7, 11) is 0. The summed E-state index contributed by atoms with van der Waals surface area (Å²) in [6, 6.07) is 8.76. The molecular weight excluding hydrogens is 353 g/mol. The molecule has 0 saturated carbocycles. The van der Waals surface area contributed by atoms with E-state index in [-0.39, 0.29) is 29.9 Å². The molecule has 0 atom stereocenters. The van der Waals surface area contributed by atoms with Crippen LogP contribution >= 0.6 is 23.2 Å². The third-order valence-electron chi connectivity index (χ3n) is 3.83. The lowest BCUT2D eigenvalue weighted by molar-refractivity contribution is -0.136. The summed E-state index contributed by atoms with van der Waals surface area (Å²) in [5.74, 6) is 0.300. The Labute approximate surface area is 148 Å². The van der Waals surface area contributed by atoms with E-state index in [1.54, 1.807) is 28.0 Å². The zero-order valence-electron chi connectivity index (χ0n) is 12.7. The fourth-order valence-electron chi connectivity index (χ4n) is 2.61. The highest BCUT2D eigenvalue weighted by Gasteiger charge is 2.28. The second-order valence-electron chi connectivity index (χ2n) is 5.43. The maximum absolute atomic E-state index is 12.4. The van der Waals surface area contributed by atoms with E-state index in [2.05, 4.69) is 5.16 Å². The number of para-hydroxylation sites is 1. The van der Waals surface area contributed by atoms with Gasteiger partial charge in [-0.15, -0.1) is 0 Å². The first-order valence-electron chi connectivity index (χ1n) is 7.48. The summed E-state index contributed by atoms with van der Waals surface area (Å²) in [6.07, 6.45) is 0.641. The Hall–Kier alpha value is -2.05. The Balaban J connectivity index is 1.58. The van der Waals surface area contributed by atoms with Gasteiger partial charge < -0.3 is 14.3 Å². The standard InChI is InChI=1S/C16H15Cl2N3O3/c17-12-3-1-2-4-13(12)21-8-7-20(10-16(21)23)15(22)6-5-11-9-14(18)19-24-11/h1-4,9H,5-8,10H2. The number of piperazine rings is 1. The van der Waals surface area contributed by atoms with Crippen LogP contribution in [0, 0.1) is 0 Å². The number of hydrogen-bond acceptors (Lipinski definition) is 4. The molecular formula is C16H15Cl2N3O3. The van der Waals surface area contributed by atoms with Crippen LogP contribution in [0.4, 0.5) is 5.69 Å². The van der Waals surface area contributed by atoms with Gasteiger partial charge in [-0.2, -0.15) is 0 Å². The number of halogens is 2. The van der Waals surface area contributed by atoms with E-state index in [1.165, 1.54) is 0 Å². The lowest BCUT2D eigenvalue weighted by atomic mass is 10.2. The summed E-state index contributed by atoms with van der Waals surface area (Å²) < 4.78 is 4.97. The average Bonchev–Trinajstić information content (AvgIpc) is 2.99. The minimum atomic E-state index is -0.148. The first kappa shape index (κ1) is 16.8. The Morgan fingerprint density at radius 1 is 1.25 bits per heavy atom. The van der Waals surface area contributed by atoms with Gasteiger partial charge in [0.25, 0.3) is 0 Å². The molecule has 0 bridgehead atoms. The van der Waals surface area contributed by atoms with E-state index in [1.807, 2.05) is 12.1 Å². The summed E-state index contributed by atoms with van der Waals surface area (Å²) in [5.41, 5.74) is 0.674. The van der Waals surface area contributed by atoms with E-state index >= 15 is 0 Å². The number of nitrogens with zero attached hydrogens (tertiary/aromatic N) is 3. The quantitative estimate of drug-likeness (QED) is 0.833. The third kappa shape index (κ3) is 3.71. The number of benzene rings is 1. The molecule has 0 radical (unpaired) electrons. The van der Waals surface area contributed by atoms with Crippen molar-refractivity contribution in [2.75, 3.05) is 24.5 Å². The van der Waals surface area contributed by atoms with Crippen molar-refractivity contribution in [2.45, 2.75) is 12.8 Å². The molecule has 1 saturated heterocycles. The molecule has 2 heterocycles. The monoisotopic (exact) mass is 367 g/mol. The van der Waals surface area contributed by atoms with Crippen molar-refractivity contribution in [3.8, 4) is 0 Å². The van der Waals surface area contributed by atoms with Crippen molar-refractivity contribution < 1.29 is 14.1 Å². The van der Waals surface area contributed by atoms with Gasteiger partial charge in [0, 0.05) is 32.0 Å². The molecule has 1 aliphatic rings. The highest BCUT2D eigenvalue weighted by atomic mass is 35.5. The predicted octanol–water partition coefficient (Wildman–Crippen LogP) is 2.79. The maximum Gasteiger partial charge on any atom is 0.246 e. The number of rotatable bonds is 4. The van der Waals surface area contributed by atoms with Crippen LogP contribution in [-0.4, -0.2) is 41.5 Å². The first-order valence-corrected chi connectivity index (χ1v) is 8.24. The molecule has 0 spiro atoms. The van der Waals surface area contributed by atoms with Gasteiger partial charge in [-0.05, 0) is 12.1 Å². The van der Waals surface area contributed by atoms with Crippen LogP contribution in [0.5, 0.6) is 0 Å². The Kier molecular flexibility index (Phi) is 5.06. The number of aromatic nitrogens is 1. The largest absolute Gasteiger partial charge is 0.360 e. The van der Waals surface area contributed by atoms with Crippen LogP contribution in [0.1, 0.15) is 12.2 Å². The van der Waals surface area contributed by atoms with Gasteiger partial charge in [0.1, 0.15) is 12.3 Å². The molecule has 1 aliphatic heterocycles. The Morgan fingerprint density at radius 2 is 2.04 bits per heavy atom. The minimum absolute atomic E-state index is 0.0429. The third-order valence-corrected chi connectivity index (χ3v) is 4.33. The SMILES string of the molecule is O=C(CCc1cc(Cl)no1)N1CCN(c2ccccc2Cl)C(=O)C1. The molecule has 126 valence electrons. The number of aryl methyl sites for hydroxylation is 1. The first-order chi connectivity index (χ1) is 11.5. The highest BCUT2D eigenvalue weighted by molar-refractivity contribution is 6.33. The summed E-state index contributed by atoms with van der Waals surface area (Å²) in [4.78, 5) is 27.8. The molecule has 0 aliphatic carbocycles. The lowest BCUT2D eigenvalue weighted by Crippen LogP contribution is -2.52. The molecule has 24 heavy (non-hydrogen) atoms. The molecule has 3 rings (SSSR count). The summed E-state index contributed by atoms with van der Waals surface area (Å²) in [5, 5.41) is 4.35. The van der Waals surface area contributed by atoms with Gasteiger partial charge in [-0.3, -0.25) is 9.59 Å². The molecule has 1 aromatic carbocycles. The van der Waals surface area contributed by atoms with Crippen molar-refractivity contribution in [2.24, 2.45) is 0 Å². The van der Waals surface area contributed by atoms with E-state index in [0.717, 1.165) is 0 Å². The number of carbonyl (C=O) groups is 2. The molecule has 2 amide bonds. The molecule has 8 heteroatoms. The zero-order chi connectivity index (χ0) is 17.1. The van der Waals surface area contributed by atoms with Gasteiger partial charge in [0.15, 0.2) is 5.15 Å². The molecule has 1 aromatic heterocycles. The molecule has 2 aromatic rings.